The van der Waals surface area contributed by atoms with Crippen LogP contribution in [0.25, 0.3) is 16.7 Å². The number of phenolic OH excluding ortho intramolecular Hbond substituents is 2. The second-order valence-electron chi connectivity index (χ2n) is 8.52. The Morgan fingerprint density at radius 1 is 0.933 bits per heavy atom. The highest BCUT2D eigenvalue weighted by atomic mass is 19.1. The molecule has 1 aliphatic heterocycles. The molecule has 30 heavy (non-hydrogen) atoms. The smallest absolute Gasteiger partial charge is 0.127 e. The highest BCUT2D eigenvalue weighted by Gasteiger charge is 2.26. The lowest BCUT2D eigenvalue weighted by molar-refractivity contribution is 0.452. The van der Waals surface area contributed by atoms with Crippen molar-refractivity contribution in [2.75, 3.05) is 5.32 Å². The Hall–Kier alpha value is -3.27. The second kappa shape index (κ2) is 7.52. The van der Waals surface area contributed by atoms with Crippen LogP contribution in [-0.2, 0) is 12.8 Å². The van der Waals surface area contributed by atoms with Gasteiger partial charge in [-0.05, 0) is 86.2 Å². The van der Waals surface area contributed by atoms with Crippen molar-refractivity contribution in [3.05, 3.63) is 83.2 Å². The van der Waals surface area contributed by atoms with E-state index in [4.69, 9.17) is 0 Å². The number of hydrogen-bond acceptors (Lipinski definition) is 3. The molecule has 0 saturated heterocycles. The first-order valence-electron chi connectivity index (χ1n) is 10.1. The maximum atomic E-state index is 13.7. The molecule has 0 radical (unpaired) electrons. The number of nitrogens with one attached hydrogen (secondary N) is 1. The third-order valence-corrected chi connectivity index (χ3v) is 5.57. The SMILES string of the molecule is CC1=CC(C)(C)Nc2ccc(-c3ccc(O)cc3O)c(CCc3cccc(F)c3)c21. The number of rotatable bonds is 4. The Morgan fingerprint density at radius 3 is 2.43 bits per heavy atom. The number of aryl methyl sites for hydroxylation is 1. The van der Waals surface area contributed by atoms with E-state index in [0.717, 1.165) is 27.9 Å². The van der Waals surface area contributed by atoms with Crippen LogP contribution in [0.15, 0.2) is 60.7 Å². The fraction of sp³-hybridized carbons (Fsp3) is 0.231. The van der Waals surface area contributed by atoms with Crippen molar-refractivity contribution in [2.45, 2.75) is 39.2 Å². The Labute approximate surface area is 176 Å². The predicted molar refractivity (Wildman–Crippen MR) is 120 cm³/mol. The zero-order chi connectivity index (χ0) is 21.5. The number of fused-ring (bicyclic) bond motifs is 1. The van der Waals surface area contributed by atoms with Gasteiger partial charge in [-0.25, -0.2) is 4.39 Å². The van der Waals surface area contributed by atoms with Crippen molar-refractivity contribution in [3.8, 4) is 22.6 Å². The summed E-state index contributed by atoms with van der Waals surface area (Å²) in [5.74, 6) is -0.179. The summed E-state index contributed by atoms with van der Waals surface area (Å²) in [6, 6.07) is 15.4. The number of allylic oxidation sites excluding steroid dienone is 1. The van der Waals surface area contributed by atoms with Crippen molar-refractivity contribution < 1.29 is 14.6 Å². The molecular formula is C26H26FNO2. The minimum Gasteiger partial charge on any atom is -0.508 e. The van der Waals surface area contributed by atoms with Crippen LogP contribution < -0.4 is 5.32 Å². The maximum Gasteiger partial charge on any atom is 0.127 e. The molecule has 0 amide bonds. The van der Waals surface area contributed by atoms with E-state index < -0.39 is 0 Å². The molecule has 0 saturated carbocycles. The first kappa shape index (κ1) is 20.0. The second-order valence-corrected chi connectivity index (χ2v) is 8.52. The Kier molecular flexibility index (Phi) is 5.02. The Balaban J connectivity index is 1.85. The molecule has 3 aromatic rings. The monoisotopic (exact) mass is 403 g/mol. The molecule has 0 fully saturated rings. The minimum atomic E-state index is -0.238. The Morgan fingerprint density at radius 2 is 1.70 bits per heavy atom. The molecule has 3 N–H and O–H groups in total. The van der Waals surface area contributed by atoms with E-state index in [1.54, 1.807) is 24.3 Å². The maximum absolute atomic E-state index is 13.7. The summed E-state index contributed by atoms with van der Waals surface area (Å²) < 4.78 is 13.7. The number of hydrogen-bond donors (Lipinski definition) is 3. The van der Waals surface area contributed by atoms with Gasteiger partial charge < -0.3 is 15.5 Å². The summed E-state index contributed by atoms with van der Waals surface area (Å²) >= 11 is 0. The van der Waals surface area contributed by atoms with Gasteiger partial charge in [-0.15, -0.1) is 0 Å². The topological polar surface area (TPSA) is 52.5 Å². The van der Waals surface area contributed by atoms with Crippen molar-refractivity contribution in [1.82, 2.24) is 0 Å². The molecule has 0 bridgehead atoms. The lowest BCUT2D eigenvalue weighted by Crippen LogP contribution is -2.32. The van der Waals surface area contributed by atoms with Gasteiger partial charge in [0.2, 0.25) is 0 Å². The minimum absolute atomic E-state index is 0.0232. The van der Waals surface area contributed by atoms with Crippen molar-refractivity contribution in [2.24, 2.45) is 0 Å². The molecule has 1 aliphatic rings. The normalized spacial score (nSPS) is 14.6. The number of halogens is 1. The molecular weight excluding hydrogens is 377 g/mol. The van der Waals surface area contributed by atoms with Gasteiger partial charge in [-0.3, -0.25) is 0 Å². The third-order valence-electron chi connectivity index (χ3n) is 5.57. The molecule has 0 aliphatic carbocycles. The molecule has 0 aromatic heterocycles. The highest BCUT2D eigenvalue weighted by molar-refractivity contribution is 5.88. The summed E-state index contributed by atoms with van der Waals surface area (Å²) in [5.41, 5.74) is 6.79. The van der Waals surface area contributed by atoms with Crippen LogP contribution >= 0.6 is 0 Å². The predicted octanol–water partition coefficient (Wildman–Crippen LogP) is 6.30. The molecule has 0 atom stereocenters. The zero-order valence-corrected chi connectivity index (χ0v) is 17.5. The number of anilines is 1. The summed E-state index contributed by atoms with van der Waals surface area (Å²) in [4.78, 5) is 0. The van der Waals surface area contributed by atoms with E-state index in [1.165, 1.54) is 17.7 Å². The van der Waals surface area contributed by atoms with Crippen LogP contribution in [0.4, 0.5) is 10.1 Å². The van der Waals surface area contributed by atoms with Crippen LogP contribution in [-0.4, -0.2) is 15.8 Å². The van der Waals surface area contributed by atoms with Gasteiger partial charge in [0.15, 0.2) is 0 Å². The molecule has 0 unspecified atom stereocenters. The number of benzene rings is 3. The average Bonchev–Trinajstić information content (AvgIpc) is 2.65. The van der Waals surface area contributed by atoms with Crippen LogP contribution in [0, 0.1) is 5.82 Å². The van der Waals surface area contributed by atoms with Crippen LogP contribution in [0.2, 0.25) is 0 Å². The molecule has 3 nitrogen and oxygen atoms in total. The quantitative estimate of drug-likeness (QED) is 0.479. The van der Waals surface area contributed by atoms with E-state index in [2.05, 4.69) is 32.2 Å². The summed E-state index contributed by atoms with van der Waals surface area (Å²) in [6.45, 7) is 6.37. The number of phenols is 2. The van der Waals surface area contributed by atoms with Gasteiger partial charge in [0.05, 0.1) is 5.54 Å². The molecule has 154 valence electrons. The van der Waals surface area contributed by atoms with Crippen LogP contribution in [0.1, 0.15) is 37.5 Å². The average molecular weight is 403 g/mol. The lowest BCUT2D eigenvalue weighted by Gasteiger charge is -2.33. The summed E-state index contributed by atoms with van der Waals surface area (Å²) in [7, 11) is 0. The fourth-order valence-electron chi connectivity index (χ4n) is 4.42. The molecule has 0 spiro atoms. The number of aromatic hydroxyl groups is 2. The van der Waals surface area contributed by atoms with E-state index in [9.17, 15) is 14.6 Å². The van der Waals surface area contributed by atoms with Crippen molar-refractivity contribution in [3.63, 3.8) is 0 Å². The van der Waals surface area contributed by atoms with Gasteiger partial charge in [0.25, 0.3) is 0 Å². The van der Waals surface area contributed by atoms with Crippen LogP contribution in [0.5, 0.6) is 11.5 Å². The van der Waals surface area contributed by atoms with E-state index in [-0.39, 0.29) is 22.9 Å². The van der Waals surface area contributed by atoms with Gasteiger partial charge in [-0.2, -0.15) is 0 Å². The van der Waals surface area contributed by atoms with E-state index in [0.29, 0.717) is 18.4 Å². The lowest BCUT2D eigenvalue weighted by atomic mass is 9.83. The molecule has 3 aromatic carbocycles. The Bertz CT molecular complexity index is 1150. The fourth-order valence-corrected chi connectivity index (χ4v) is 4.42. The van der Waals surface area contributed by atoms with Crippen molar-refractivity contribution >= 4 is 11.3 Å². The first-order valence-corrected chi connectivity index (χ1v) is 10.1. The molecule has 4 rings (SSSR count). The van der Waals surface area contributed by atoms with E-state index >= 15 is 0 Å². The van der Waals surface area contributed by atoms with Crippen LogP contribution in [0.3, 0.4) is 0 Å². The molecule has 1 heterocycles. The van der Waals surface area contributed by atoms with Gasteiger partial charge in [0, 0.05) is 22.9 Å². The highest BCUT2D eigenvalue weighted by Crippen LogP contribution is 2.43. The third kappa shape index (κ3) is 3.90. The standard InChI is InChI=1S/C26H26FNO2/c1-16-15-26(2,3)28-23-12-11-20(21-10-8-19(29)14-24(21)30)22(25(16)23)9-7-17-5-4-6-18(27)13-17/h4-6,8,10-15,28-30H,7,9H2,1-3H3. The van der Waals surface area contributed by atoms with Gasteiger partial charge >= 0.3 is 0 Å². The van der Waals surface area contributed by atoms with E-state index in [1.807, 2.05) is 18.2 Å². The molecule has 4 heteroatoms. The van der Waals surface area contributed by atoms with Gasteiger partial charge in [0.1, 0.15) is 17.3 Å². The summed E-state index contributed by atoms with van der Waals surface area (Å²) in [5, 5.41) is 23.8. The van der Waals surface area contributed by atoms with Gasteiger partial charge in [-0.1, -0.05) is 24.3 Å². The largest absolute Gasteiger partial charge is 0.508 e. The first-order chi connectivity index (χ1) is 14.2. The van der Waals surface area contributed by atoms with Crippen molar-refractivity contribution in [1.29, 1.82) is 0 Å². The summed E-state index contributed by atoms with van der Waals surface area (Å²) in [6.07, 6.45) is 3.58. The zero-order valence-electron chi connectivity index (χ0n) is 17.5.